The first-order valence-electron chi connectivity index (χ1n) is 8.37. The van der Waals surface area contributed by atoms with E-state index in [0.29, 0.717) is 18.8 Å². The lowest BCUT2D eigenvalue weighted by Gasteiger charge is -2.38. The smallest absolute Gasteiger partial charge is 0.342 e. The van der Waals surface area contributed by atoms with Crippen molar-refractivity contribution < 1.29 is 19.4 Å². The van der Waals surface area contributed by atoms with Gasteiger partial charge in [-0.1, -0.05) is 0 Å². The molecule has 24 heavy (non-hydrogen) atoms. The van der Waals surface area contributed by atoms with Crippen LogP contribution in [0, 0.1) is 6.92 Å². The van der Waals surface area contributed by atoms with Crippen LogP contribution in [0.25, 0.3) is 0 Å². The average Bonchev–Trinajstić information content (AvgIpc) is 3.19. The number of hydrogen-bond acceptors (Lipinski definition) is 6. The first-order valence-corrected chi connectivity index (χ1v) is 8.37. The second-order valence-electron chi connectivity index (χ2n) is 6.46. The predicted molar refractivity (Wildman–Crippen MR) is 85.8 cm³/mol. The second-order valence-corrected chi connectivity index (χ2v) is 6.46. The van der Waals surface area contributed by atoms with Crippen molar-refractivity contribution in [2.24, 2.45) is 0 Å². The molecule has 2 N–H and O–H groups in total. The van der Waals surface area contributed by atoms with Gasteiger partial charge in [-0.2, -0.15) is 5.10 Å². The van der Waals surface area contributed by atoms with E-state index in [4.69, 9.17) is 4.74 Å². The number of aromatic nitrogens is 2. The van der Waals surface area contributed by atoms with Crippen molar-refractivity contribution in [3.8, 4) is 0 Å². The van der Waals surface area contributed by atoms with Crippen molar-refractivity contribution in [2.45, 2.75) is 38.3 Å². The van der Waals surface area contributed by atoms with Gasteiger partial charge in [0.05, 0.1) is 13.2 Å². The highest BCUT2D eigenvalue weighted by Crippen LogP contribution is 2.25. The van der Waals surface area contributed by atoms with Gasteiger partial charge >= 0.3 is 5.97 Å². The molecule has 2 heterocycles. The van der Waals surface area contributed by atoms with Crippen LogP contribution in [0.3, 0.4) is 0 Å². The molecular formula is C16H24N4O4. The summed E-state index contributed by atoms with van der Waals surface area (Å²) in [7, 11) is 1.29. The molecule has 2 aliphatic rings. The summed E-state index contributed by atoms with van der Waals surface area (Å²) in [5.41, 5.74) is 0.850. The molecule has 132 valence electrons. The number of aliphatic hydroxyl groups excluding tert-OH is 1. The third kappa shape index (κ3) is 3.03. The molecule has 0 radical (unpaired) electrons. The standard InChI is InChI=1S/C16H24N4O4/c1-10-13(16(23)24-2)14(18-17-10)15(22)20-8-6-19(7-9-20)11-4-3-5-12(11)21/h11-12,21H,3-9H2,1-2H3,(H,17,18). The van der Waals surface area contributed by atoms with Gasteiger partial charge in [-0.25, -0.2) is 4.79 Å². The van der Waals surface area contributed by atoms with Gasteiger partial charge in [-0.3, -0.25) is 14.8 Å². The molecule has 8 nitrogen and oxygen atoms in total. The quantitative estimate of drug-likeness (QED) is 0.764. The van der Waals surface area contributed by atoms with E-state index in [-0.39, 0.29) is 29.3 Å². The number of carbonyl (C=O) groups is 2. The van der Waals surface area contributed by atoms with Crippen LogP contribution in [-0.2, 0) is 4.74 Å². The lowest BCUT2D eigenvalue weighted by molar-refractivity contribution is 0.0310. The summed E-state index contributed by atoms with van der Waals surface area (Å²) in [5, 5.41) is 16.7. The third-order valence-electron chi connectivity index (χ3n) is 5.05. The Morgan fingerprint density at radius 1 is 1.25 bits per heavy atom. The molecule has 1 aromatic heterocycles. The molecule has 0 aromatic carbocycles. The van der Waals surface area contributed by atoms with E-state index in [9.17, 15) is 14.7 Å². The monoisotopic (exact) mass is 336 g/mol. The summed E-state index contributed by atoms with van der Waals surface area (Å²) in [6.07, 6.45) is 2.67. The maximum atomic E-state index is 12.7. The van der Waals surface area contributed by atoms with E-state index in [1.54, 1.807) is 11.8 Å². The van der Waals surface area contributed by atoms with Crippen molar-refractivity contribution >= 4 is 11.9 Å². The fourth-order valence-electron chi connectivity index (χ4n) is 3.69. The molecule has 2 atom stereocenters. The van der Waals surface area contributed by atoms with E-state index < -0.39 is 5.97 Å². The molecule has 1 aliphatic heterocycles. The Morgan fingerprint density at radius 3 is 2.54 bits per heavy atom. The predicted octanol–water partition coefficient (Wildman–Crippen LogP) is 0.176. The molecule has 1 amide bonds. The van der Waals surface area contributed by atoms with E-state index in [2.05, 4.69) is 15.1 Å². The van der Waals surface area contributed by atoms with Crippen LogP contribution in [0.5, 0.6) is 0 Å². The number of methoxy groups -OCH3 is 1. The van der Waals surface area contributed by atoms with Gasteiger partial charge in [0.2, 0.25) is 0 Å². The Hall–Kier alpha value is -1.93. The Morgan fingerprint density at radius 2 is 1.96 bits per heavy atom. The molecule has 1 saturated carbocycles. The number of piperazine rings is 1. The fourth-order valence-corrected chi connectivity index (χ4v) is 3.69. The van der Waals surface area contributed by atoms with Crippen LogP contribution in [0.1, 0.15) is 45.8 Å². The highest BCUT2D eigenvalue weighted by Gasteiger charge is 2.35. The van der Waals surface area contributed by atoms with Crippen LogP contribution in [0.4, 0.5) is 0 Å². The van der Waals surface area contributed by atoms with Gasteiger partial charge in [-0.15, -0.1) is 0 Å². The highest BCUT2D eigenvalue weighted by molar-refractivity contribution is 6.04. The average molecular weight is 336 g/mol. The zero-order chi connectivity index (χ0) is 17.3. The first kappa shape index (κ1) is 16.9. The number of hydrogen-bond donors (Lipinski definition) is 2. The van der Waals surface area contributed by atoms with Crippen LogP contribution in [-0.4, -0.2) is 82.4 Å². The topological polar surface area (TPSA) is 98.8 Å². The zero-order valence-electron chi connectivity index (χ0n) is 14.1. The van der Waals surface area contributed by atoms with E-state index in [1.807, 2.05) is 0 Å². The Balaban J connectivity index is 1.67. The van der Waals surface area contributed by atoms with Gasteiger partial charge in [0.1, 0.15) is 5.56 Å². The zero-order valence-corrected chi connectivity index (χ0v) is 14.1. The van der Waals surface area contributed by atoms with Gasteiger partial charge in [0.15, 0.2) is 5.69 Å². The van der Waals surface area contributed by atoms with E-state index >= 15 is 0 Å². The Labute approximate surface area is 140 Å². The lowest BCUT2D eigenvalue weighted by Crippen LogP contribution is -2.53. The number of carbonyl (C=O) groups excluding carboxylic acids is 2. The number of rotatable bonds is 3. The minimum Gasteiger partial charge on any atom is -0.465 e. The number of aliphatic hydroxyl groups is 1. The van der Waals surface area contributed by atoms with Gasteiger partial charge in [0.25, 0.3) is 5.91 Å². The summed E-state index contributed by atoms with van der Waals surface area (Å²) in [6.45, 7) is 4.27. The van der Waals surface area contributed by atoms with Crippen LogP contribution in [0.15, 0.2) is 0 Å². The van der Waals surface area contributed by atoms with E-state index in [1.165, 1.54) is 7.11 Å². The molecule has 1 saturated heterocycles. The van der Waals surface area contributed by atoms with E-state index in [0.717, 1.165) is 32.4 Å². The lowest BCUT2D eigenvalue weighted by atomic mass is 10.1. The molecule has 0 bridgehead atoms. The van der Waals surface area contributed by atoms with Crippen molar-refractivity contribution in [3.05, 3.63) is 17.0 Å². The maximum Gasteiger partial charge on any atom is 0.342 e. The minimum atomic E-state index is -0.558. The molecular weight excluding hydrogens is 312 g/mol. The molecule has 8 heteroatoms. The largest absolute Gasteiger partial charge is 0.465 e. The summed E-state index contributed by atoms with van der Waals surface area (Å²) in [5.74, 6) is -0.816. The van der Waals surface area contributed by atoms with Crippen LogP contribution < -0.4 is 0 Å². The van der Waals surface area contributed by atoms with Gasteiger partial charge in [-0.05, 0) is 26.2 Å². The number of H-pyrrole nitrogens is 1. The number of nitrogens with zero attached hydrogens (tertiary/aromatic N) is 3. The number of nitrogens with one attached hydrogen (secondary N) is 1. The van der Waals surface area contributed by atoms with Crippen LogP contribution >= 0.6 is 0 Å². The molecule has 0 spiro atoms. The Kier molecular flexibility index (Phi) is 4.86. The number of aromatic amines is 1. The Bertz CT molecular complexity index is 622. The third-order valence-corrected chi connectivity index (χ3v) is 5.05. The molecule has 1 aromatic rings. The SMILES string of the molecule is COC(=O)c1c(C(=O)N2CCN(C3CCCC3O)CC2)n[nH]c1C. The number of aryl methyl sites for hydroxylation is 1. The number of ether oxygens (including phenoxy) is 1. The van der Waals surface area contributed by atoms with Crippen molar-refractivity contribution in [2.75, 3.05) is 33.3 Å². The number of amides is 1. The summed E-state index contributed by atoms with van der Waals surface area (Å²) in [6, 6.07) is 0.209. The van der Waals surface area contributed by atoms with Crippen molar-refractivity contribution in [1.29, 1.82) is 0 Å². The summed E-state index contributed by atoms with van der Waals surface area (Å²) < 4.78 is 4.74. The van der Waals surface area contributed by atoms with Gasteiger partial charge < -0.3 is 14.7 Å². The molecule has 3 rings (SSSR count). The maximum absolute atomic E-state index is 12.7. The minimum absolute atomic E-state index is 0.119. The second kappa shape index (κ2) is 6.90. The molecule has 2 fully saturated rings. The van der Waals surface area contributed by atoms with Gasteiger partial charge in [0, 0.05) is 37.9 Å². The normalized spacial score (nSPS) is 25.0. The fraction of sp³-hybridized carbons (Fsp3) is 0.688. The molecule has 1 aliphatic carbocycles. The van der Waals surface area contributed by atoms with Crippen molar-refractivity contribution in [3.63, 3.8) is 0 Å². The summed E-state index contributed by atoms with van der Waals surface area (Å²) >= 11 is 0. The summed E-state index contributed by atoms with van der Waals surface area (Å²) in [4.78, 5) is 28.6. The highest BCUT2D eigenvalue weighted by atomic mass is 16.5. The van der Waals surface area contributed by atoms with Crippen molar-refractivity contribution in [1.82, 2.24) is 20.0 Å². The van der Waals surface area contributed by atoms with Crippen LogP contribution in [0.2, 0.25) is 0 Å². The molecule has 2 unspecified atom stereocenters. The first-order chi connectivity index (χ1) is 11.5. The number of esters is 1.